The Morgan fingerprint density at radius 2 is 1.91 bits per heavy atom. The van der Waals surface area contributed by atoms with E-state index in [9.17, 15) is 14.9 Å². The van der Waals surface area contributed by atoms with Gasteiger partial charge in [0.1, 0.15) is 28.9 Å². The number of benzene rings is 1. The minimum absolute atomic E-state index is 0.0292. The molecular formula is C25H31N3O4. The summed E-state index contributed by atoms with van der Waals surface area (Å²) in [6, 6.07) is 12.4. The monoisotopic (exact) mass is 437 g/mol. The molecule has 7 heteroatoms. The number of hydrogen-bond acceptors (Lipinski definition) is 6. The number of nitriles is 1. The summed E-state index contributed by atoms with van der Waals surface area (Å²) in [7, 11) is 1.53. The second-order valence-electron chi connectivity index (χ2n) is 9.03. The fourth-order valence-corrected chi connectivity index (χ4v) is 3.29. The van der Waals surface area contributed by atoms with Crippen molar-refractivity contribution >= 4 is 17.6 Å². The quantitative estimate of drug-likeness (QED) is 0.605. The van der Waals surface area contributed by atoms with Gasteiger partial charge in [0.2, 0.25) is 0 Å². The smallest absolute Gasteiger partial charge is 0.412 e. The van der Waals surface area contributed by atoms with Crippen LogP contribution in [0.15, 0.2) is 36.4 Å². The highest BCUT2D eigenvalue weighted by Crippen LogP contribution is 2.33. The zero-order chi connectivity index (χ0) is 23.9. The predicted octanol–water partition coefficient (Wildman–Crippen LogP) is 5.25. The molecule has 0 radical (unpaired) electrons. The number of aromatic nitrogens is 1. The van der Waals surface area contributed by atoms with Crippen LogP contribution in [0.25, 0.3) is 0 Å². The molecule has 1 N–H and O–H groups in total. The van der Waals surface area contributed by atoms with Gasteiger partial charge in [0.05, 0.1) is 18.7 Å². The van der Waals surface area contributed by atoms with Crippen LogP contribution < -0.4 is 10.1 Å². The Balaban J connectivity index is 2.49. The maximum Gasteiger partial charge on any atom is 0.412 e. The average Bonchev–Trinajstić information content (AvgIpc) is 2.70. The minimum atomic E-state index is -0.669. The lowest BCUT2D eigenvalue weighted by Crippen LogP contribution is -2.28. The molecule has 0 saturated heterocycles. The summed E-state index contributed by atoms with van der Waals surface area (Å²) in [6.07, 6.45) is 0.0587. The maximum atomic E-state index is 13.3. The van der Waals surface area contributed by atoms with Gasteiger partial charge in [-0.25, -0.2) is 9.78 Å². The van der Waals surface area contributed by atoms with Gasteiger partial charge in [0, 0.05) is 24.6 Å². The summed E-state index contributed by atoms with van der Waals surface area (Å²) in [5, 5.41) is 12.0. The average molecular weight is 438 g/mol. The van der Waals surface area contributed by atoms with E-state index in [2.05, 4.69) is 10.3 Å². The first-order chi connectivity index (χ1) is 15.0. The van der Waals surface area contributed by atoms with E-state index >= 15 is 0 Å². The van der Waals surface area contributed by atoms with E-state index < -0.39 is 17.6 Å². The van der Waals surface area contributed by atoms with Crippen molar-refractivity contribution in [2.75, 3.05) is 12.4 Å². The Morgan fingerprint density at radius 1 is 1.19 bits per heavy atom. The SMILES string of the molecule is COc1ccc(C(Cc2cccc(C#N)n2)C(=O)CC(C)C)c(NC(=O)OC(C)(C)C)c1. The van der Waals surface area contributed by atoms with Gasteiger partial charge in [-0.05, 0) is 50.5 Å². The van der Waals surface area contributed by atoms with Crippen LogP contribution in [0.5, 0.6) is 5.75 Å². The first-order valence-electron chi connectivity index (χ1n) is 10.6. The van der Waals surface area contributed by atoms with Crippen molar-refractivity contribution < 1.29 is 19.1 Å². The Morgan fingerprint density at radius 3 is 2.50 bits per heavy atom. The molecule has 1 unspecified atom stereocenters. The van der Waals surface area contributed by atoms with Gasteiger partial charge in [0.15, 0.2) is 0 Å². The number of ether oxygens (including phenoxy) is 2. The number of methoxy groups -OCH3 is 1. The Hall–Kier alpha value is -3.40. The molecule has 1 amide bonds. The summed E-state index contributed by atoms with van der Waals surface area (Å²) < 4.78 is 10.7. The van der Waals surface area contributed by atoms with E-state index in [1.807, 2.05) is 19.9 Å². The molecule has 1 atom stereocenters. The molecule has 0 bridgehead atoms. The Bertz CT molecular complexity index is 1000. The molecule has 1 aromatic carbocycles. The molecule has 0 fully saturated rings. The summed E-state index contributed by atoms with van der Waals surface area (Å²) in [4.78, 5) is 30.1. The van der Waals surface area contributed by atoms with Crippen LogP contribution in [0.2, 0.25) is 0 Å². The lowest BCUT2D eigenvalue weighted by molar-refractivity contribution is -0.121. The van der Waals surface area contributed by atoms with E-state index in [-0.39, 0.29) is 11.7 Å². The van der Waals surface area contributed by atoms with E-state index in [4.69, 9.17) is 9.47 Å². The molecule has 0 spiro atoms. The predicted molar refractivity (Wildman–Crippen MR) is 123 cm³/mol. The number of rotatable bonds is 8. The largest absolute Gasteiger partial charge is 0.497 e. The van der Waals surface area contributed by atoms with Crippen LogP contribution in [0.1, 0.15) is 63.9 Å². The molecule has 0 aliphatic rings. The van der Waals surface area contributed by atoms with Crippen molar-refractivity contribution in [2.24, 2.45) is 5.92 Å². The standard InChI is InChI=1S/C25H31N3O4/c1-16(2)12-23(29)21(13-17-8-7-9-18(15-26)27-17)20-11-10-19(31-6)14-22(20)28-24(30)32-25(3,4)5/h7-11,14,16,21H,12-13H2,1-6H3,(H,28,30). The number of nitrogens with zero attached hydrogens (tertiary/aromatic N) is 2. The number of pyridine rings is 1. The number of Topliss-reactive ketones (excluding diaryl/α,β-unsaturated/α-hetero) is 1. The van der Waals surface area contributed by atoms with Gasteiger partial charge < -0.3 is 9.47 Å². The zero-order valence-corrected chi connectivity index (χ0v) is 19.6. The van der Waals surface area contributed by atoms with Crippen molar-refractivity contribution in [3.8, 4) is 11.8 Å². The van der Waals surface area contributed by atoms with Crippen molar-refractivity contribution in [1.29, 1.82) is 5.26 Å². The van der Waals surface area contributed by atoms with E-state index in [1.165, 1.54) is 7.11 Å². The lowest BCUT2D eigenvalue weighted by atomic mass is 9.85. The van der Waals surface area contributed by atoms with Crippen LogP contribution in [0, 0.1) is 17.2 Å². The maximum absolute atomic E-state index is 13.3. The normalized spacial score (nSPS) is 12.1. The third-order valence-corrected chi connectivity index (χ3v) is 4.60. The number of amides is 1. The molecular weight excluding hydrogens is 406 g/mol. The first-order valence-corrected chi connectivity index (χ1v) is 10.6. The summed E-state index contributed by atoms with van der Waals surface area (Å²) in [5.74, 6) is 0.180. The fraction of sp³-hybridized carbons (Fsp3) is 0.440. The van der Waals surface area contributed by atoms with Crippen molar-refractivity contribution in [3.05, 3.63) is 53.3 Å². The number of carbonyl (C=O) groups is 2. The number of nitrogens with one attached hydrogen (secondary N) is 1. The highest BCUT2D eigenvalue weighted by Gasteiger charge is 2.27. The molecule has 0 aliphatic carbocycles. The molecule has 1 aromatic heterocycles. The second-order valence-corrected chi connectivity index (χ2v) is 9.03. The van der Waals surface area contributed by atoms with Gasteiger partial charge in [-0.15, -0.1) is 0 Å². The van der Waals surface area contributed by atoms with Gasteiger partial charge in [-0.2, -0.15) is 5.26 Å². The number of anilines is 1. The molecule has 170 valence electrons. The summed E-state index contributed by atoms with van der Waals surface area (Å²) >= 11 is 0. The number of carbonyl (C=O) groups excluding carboxylic acids is 2. The van der Waals surface area contributed by atoms with E-state index in [0.29, 0.717) is 41.2 Å². The van der Waals surface area contributed by atoms with Crippen LogP contribution in [0.4, 0.5) is 10.5 Å². The van der Waals surface area contributed by atoms with E-state index in [0.717, 1.165) is 0 Å². The third-order valence-electron chi connectivity index (χ3n) is 4.60. The molecule has 1 heterocycles. The van der Waals surface area contributed by atoms with Gasteiger partial charge in [-0.3, -0.25) is 10.1 Å². The van der Waals surface area contributed by atoms with Gasteiger partial charge in [-0.1, -0.05) is 26.0 Å². The molecule has 2 rings (SSSR count). The van der Waals surface area contributed by atoms with Crippen LogP contribution >= 0.6 is 0 Å². The molecule has 32 heavy (non-hydrogen) atoms. The van der Waals surface area contributed by atoms with Gasteiger partial charge in [0.25, 0.3) is 0 Å². The molecule has 0 saturated carbocycles. The highest BCUT2D eigenvalue weighted by molar-refractivity contribution is 5.92. The Labute approximate surface area is 189 Å². The highest BCUT2D eigenvalue weighted by atomic mass is 16.6. The lowest BCUT2D eigenvalue weighted by Gasteiger charge is -2.23. The number of hydrogen-bond donors (Lipinski definition) is 1. The summed E-state index contributed by atoms with van der Waals surface area (Å²) in [5.41, 5.74) is 1.34. The third kappa shape index (κ3) is 7.38. The first kappa shape index (κ1) is 24.9. The minimum Gasteiger partial charge on any atom is -0.497 e. The van der Waals surface area contributed by atoms with E-state index in [1.54, 1.807) is 57.2 Å². The Kier molecular flexibility index (Phi) is 8.36. The molecule has 0 aliphatic heterocycles. The van der Waals surface area contributed by atoms with Crippen molar-refractivity contribution in [2.45, 2.75) is 59.0 Å². The van der Waals surface area contributed by atoms with Crippen LogP contribution in [-0.2, 0) is 16.0 Å². The molecule has 2 aromatic rings. The van der Waals surface area contributed by atoms with Crippen LogP contribution in [-0.4, -0.2) is 29.6 Å². The molecule has 7 nitrogen and oxygen atoms in total. The zero-order valence-electron chi connectivity index (χ0n) is 19.6. The van der Waals surface area contributed by atoms with Crippen molar-refractivity contribution in [1.82, 2.24) is 4.98 Å². The van der Waals surface area contributed by atoms with Crippen molar-refractivity contribution in [3.63, 3.8) is 0 Å². The van der Waals surface area contributed by atoms with Gasteiger partial charge >= 0.3 is 6.09 Å². The topological polar surface area (TPSA) is 101 Å². The fourth-order valence-electron chi connectivity index (χ4n) is 3.29. The second kappa shape index (κ2) is 10.8. The van der Waals surface area contributed by atoms with Crippen LogP contribution in [0.3, 0.4) is 0 Å². The summed E-state index contributed by atoms with van der Waals surface area (Å²) in [6.45, 7) is 9.31. The number of ketones is 1.